The number of nitrogens with one attached hydrogen (secondary N) is 1. The highest BCUT2D eigenvalue weighted by Gasteiger charge is 2.18. The molecular weight excluding hydrogens is 228 g/mol. The van der Waals surface area contributed by atoms with Crippen molar-refractivity contribution in [1.29, 1.82) is 0 Å². The first-order valence-corrected chi connectivity index (χ1v) is 4.99. The number of nitrogens with zero attached hydrogens (tertiary/aromatic N) is 2. The Balaban J connectivity index is 0.00000225. The van der Waals surface area contributed by atoms with Crippen LogP contribution in [0.25, 0.3) is 0 Å². The molecule has 0 saturated carbocycles. The molecule has 0 unspecified atom stereocenters. The third-order valence-corrected chi connectivity index (χ3v) is 2.39. The summed E-state index contributed by atoms with van der Waals surface area (Å²) in [4.78, 5) is 11.6. The fraction of sp³-hybridized carbons (Fsp3) is 0.600. The van der Waals surface area contributed by atoms with E-state index in [1.165, 1.54) is 0 Å². The average molecular weight is 247 g/mol. The van der Waals surface area contributed by atoms with Crippen LogP contribution >= 0.6 is 12.4 Å². The molecule has 0 aliphatic rings. The van der Waals surface area contributed by atoms with Crippen molar-refractivity contribution in [3.05, 3.63) is 11.8 Å². The van der Waals surface area contributed by atoms with Crippen LogP contribution in [0.15, 0.2) is 6.07 Å². The number of hydrogen-bond donors (Lipinski definition) is 2. The van der Waals surface area contributed by atoms with Crippen molar-refractivity contribution >= 4 is 24.1 Å². The molecule has 92 valence electrons. The maximum atomic E-state index is 11.6. The van der Waals surface area contributed by atoms with Crippen molar-refractivity contribution in [3.8, 4) is 0 Å². The Morgan fingerprint density at radius 3 is 2.50 bits per heavy atom. The van der Waals surface area contributed by atoms with Gasteiger partial charge in [-0.1, -0.05) is 13.8 Å². The number of nitrogens with two attached hydrogens (primary N) is 1. The van der Waals surface area contributed by atoms with E-state index in [0.717, 1.165) is 5.69 Å². The summed E-state index contributed by atoms with van der Waals surface area (Å²) in [6.07, 6.45) is 0. The quantitative estimate of drug-likeness (QED) is 0.838. The summed E-state index contributed by atoms with van der Waals surface area (Å²) in [7, 11) is 1.83. The highest BCUT2D eigenvalue weighted by atomic mass is 35.5. The first-order chi connectivity index (χ1) is 6.91. The molecule has 0 spiro atoms. The van der Waals surface area contributed by atoms with E-state index in [0.29, 0.717) is 5.82 Å². The van der Waals surface area contributed by atoms with E-state index in [1.54, 1.807) is 4.68 Å². The van der Waals surface area contributed by atoms with E-state index in [9.17, 15) is 4.79 Å². The van der Waals surface area contributed by atoms with Crippen LogP contribution < -0.4 is 11.1 Å². The summed E-state index contributed by atoms with van der Waals surface area (Å²) >= 11 is 0. The Bertz CT molecular complexity index is 342. The maximum absolute atomic E-state index is 11.6. The van der Waals surface area contributed by atoms with Gasteiger partial charge in [0.25, 0.3) is 0 Å². The van der Waals surface area contributed by atoms with Crippen LogP contribution in [0.1, 0.15) is 19.5 Å². The van der Waals surface area contributed by atoms with Crippen LogP contribution in [0.4, 0.5) is 5.82 Å². The Hall–Kier alpha value is -1.07. The van der Waals surface area contributed by atoms with Gasteiger partial charge in [0.15, 0.2) is 5.82 Å². The molecule has 0 fully saturated rings. The Kier molecular flexibility index (Phi) is 5.47. The Morgan fingerprint density at radius 2 is 2.12 bits per heavy atom. The SMILES string of the molecule is Cc1cc(NC(=O)[C@H](N)C(C)C)nn1C.Cl. The number of rotatable bonds is 3. The summed E-state index contributed by atoms with van der Waals surface area (Å²) in [6, 6.07) is 1.32. The first kappa shape index (κ1) is 14.9. The Morgan fingerprint density at radius 1 is 1.56 bits per heavy atom. The second-order valence-corrected chi connectivity index (χ2v) is 4.05. The van der Waals surface area contributed by atoms with E-state index in [4.69, 9.17) is 5.73 Å². The topological polar surface area (TPSA) is 72.9 Å². The van der Waals surface area contributed by atoms with Gasteiger partial charge in [-0.2, -0.15) is 5.10 Å². The fourth-order valence-electron chi connectivity index (χ4n) is 1.13. The zero-order valence-corrected chi connectivity index (χ0v) is 10.8. The lowest BCUT2D eigenvalue weighted by Gasteiger charge is -2.13. The second kappa shape index (κ2) is 5.86. The zero-order valence-electron chi connectivity index (χ0n) is 10.0. The minimum Gasteiger partial charge on any atom is -0.320 e. The van der Waals surface area contributed by atoms with Gasteiger partial charge in [-0.15, -0.1) is 12.4 Å². The van der Waals surface area contributed by atoms with Gasteiger partial charge in [0.2, 0.25) is 5.91 Å². The molecule has 1 atom stereocenters. The van der Waals surface area contributed by atoms with Gasteiger partial charge < -0.3 is 11.1 Å². The standard InChI is InChI=1S/C10H18N4O.ClH/c1-6(2)9(11)10(15)12-8-5-7(3)14(4)13-8;/h5-6,9H,11H2,1-4H3,(H,12,13,15);1H/t9-;/m1./s1. The van der Waals surface area contributed by atoms with Crippen LogP contribution in [0, 0.1) is 12.8 Å². The molecule has 0 aromatic carbocycles. The molecule has 0 saturated heterocycles. The second-order valence-electron chi connectivity index (χ2n) is 4.05. The largest absolute Gasteiger partial charge is 0.320 e. The van der Waals surface area contributed by atoms with Gasteiger partial charge in [-0.3, -0.25) is 9.48 Å². The number of anilines is 1. The van der Waals surface area contributed by atoms with Crippen LogP contribution in [0.2, 0.25) is 0 Å². The number of carbonyl (C=O) groups is 1. The highest BCUT2D eigenvalue weighted by Crippen LogP contribution is 2.08. The van der Waals surface area contributed by atoms with E-state index >= 15 is 0 Å². The first-order valence-electron chi connectivity index (χ1n) is 4.99. The minimum atomic E-state index is -0.493. The van der Waals surface area contributed by atoms with Gasteiger partial charge in [0.05, 0.1) is 6.04 Å². The molecule has 1 aromatic heterocycles. The van der Waals surface area contributed by atoms with Gasteiger partial charge >= 0.3 is 0 Å². The maximum Gasteiger partial charge on any atom is 0.242 e. The molecule has 3 N–H and O–H groups in total. The molecular formula is C10H19ClN4O. The molecule has 1 heterocycles. The molecule has 6 heteroatoms. The number of aromatic nitrogens is 2. The molecule has 1 aromatic rings. The molecule has 1 rings (SSSR count). The molecule has 0 bridgehead atoms. The van der Waals surface area contributed by atoms with Gasteiger partial charge in [0.1, 0.15) is 0 Å². The molecule has 16 heavy (non-hydrogen) atoms. The number of carbonyl (C=O) groups excluding carboxylic acids is 1. The van der Waals surface area contributed by atoms with E-state index in [1.807, 2.05) is 33.9 Å². The van der Waals surface area contributed by atoms with Crippen molar-refractivity contribution in [2.24, 2.45) is 18.7 Å². The van der Waals surface area contributed by atoms with Crippen LogP contribution in [-0.4, -0.2) is 21.7 Å². The normalized spacial score (nSPS) is 12.1. The Labute approximate surface area is 102 Å². The number of halogens is 1. The fourth-order valence-corrected chi connectivity index (χ4v) is 1.13. The number of hydrogen-bond acceptors (Lipinski definition) is 3. The zero-order chi connectivity index (χ0) is 11.6. The van der Waals surface area contributed by atoms with Gasteiger partial charge in [-0.05, 0) is 12.8 Å². The molecule has 1 amide bonds. The number of amides is 1. The lowest BCUT2D eigenvalue weighted by molar-refractivity contribution is -0.118. The monoisotopic (exact) mass is 246 g/mol. The summed E-state index contributed by atoms with van der Waals surface area (Å²) in [6.45, 7) is 5.74. The smallest absolute Gasteiger partial charge is 0.242 e. The lowest BCUT2D eigenvalue weighted by Crippen LogP contribution is -2.39. The highest BCUT2D eigenvalue weighted by molar-refractivity contribution is 5.94. The summed E-state index contributed by atoms with van der Waals surface area (Å²) in [5.41, 5.74) is 6.70. The van der Waals surface area contributed by atoms with E-state index < -0.39 is 6.04 Å². The summed E-state index contributed by atoms with van der Waals surface area (Å²) in [5, 5.41) is 6.81. The van der Waals surface area contributed by atoms with Crippen molar-refractivity contribution in [2.75, 3.05) is 5.32 Å². The van der Waals surface area contributed by atoms with E-state index in [-0.39, 0.29) is 24.2 Å². The third kappa shape index (κ3) is 3.50. The predicted octanol–water partition coefficient (Wildman–Crippen LogP) is 1.07. The molecule has 5 nitrogen and oxygen atoms in total. The van der Waals surface area contributed by atoms with Crippen molar-refractivity contribution in [1.82, 2.24) is 9.78 Å². The van der Waals surface area contributed by atoms with Crippen molar-refractivity contribution < 1.29 is 4.79 Å². The lowest BCUT2D eigenvalue weighted by atomic mass is 10.1. The van der Waals surface area contributed by atoms with Gasteiger partial charge in [0, 0.05) is 18.8 Å². The molecule has 0 radical (unpaired) electrons. The third-order valence-electron chi connectivity index (χ3n) is 2.39. The van der Waals surface area contributed by atoms with Crippen LogP contribution in [0.3, 0.4) is 0 Å². The molecule has 0 aliphatic heterocycles. The average Bonchev–Trinajstić information content (AvgIpc) is 2.44. The van der Waals surface area contributed by atoms with Crippen LogP contribution in [-0.2, 0) is 11.8 Å². The summed E-state index contributed by atoms with van der Waals surface area (Å²) in [5.74, 6) is 0.481. The van der Waals surface area contributed by atoms with Crippen LogP contribution in [0.5, 0.6) is 0 Å². The minimum absolute atomic E-state index is 0. The molecule has 0 aliphatic carbocycles. The van der Waals surface area contributed by atoms with Crippen molar-refractivity contribution in [3.63, 3.8) is 0 Å². The number of aryl methyl sites for hydroxylation is 2. The van der Waals surface area contributed by atoms with E-state index in [2.05, 4.69) is 10.4 Å². The van der Waals surface area contributed by atoms with Gasteiger partial charge in [-0.25, -0.2) is 0 Å². The van der Waals surface area contributed by atoms with Crippen molar-refractivity contribution in [2.45, 2.75) is 26.8 Å². The summed E-state index contributed by atoms with van der Waals surface area (Å²) < 4.78 is 1.70. The predicted molar refractivity (Wildman–Crippen MR) is 66.6 cm³/mol.